The molecule has 0 radical (unpaired) electrons. The number of halogens is 2. The number of benzene rings is 2. The molecule has 7 heteroatoms. The number of rotatable bonds is 4. The summed E-state index contributed by atoms with van der Waals surface area (Å²) in [6.45, 7) is 0.298. The molecule has 1 heterocycles. The molecule has 0 fully saturated rings. The van der Waals surface area contributed by atoms with Gasteiger partial charge in [-0.2, -0.15) is 0 Å². The summed E-state index contributed by atoms with van der Waals surface area (Å²) in [5.74, 6) is -1.50. The molecule has 1 N–H and O–H groups in total. The maximum atomic E-state index is 13.2. The van der Waals surface area contributed by atoms with Crippen molar-refractivity contribution in [1.29, 1.82) is 0 Å². The van der Waals surface area contributed by atoms with E-state index in [-0.39, 0.29) is 13.2 Å². The van der Waals surface area contributed by atoms with Crippen LogP contribution >= 0.6 is 0 Å². The van der Waals surface area contributed by atoms with Gasteiger partial charge in [0.25, 0.3) is 0 Å². The Kier molecular flexibility index (Phi) is 4.41. The Bertz CT molecular complexity index is 826. The van der Waals surface area contributed by atoms with E-state index in [1.165, 1.54) is 4.90 Å². The molecule has 0 aliphatic heterocycles. The first kappa shape index (κ1) is 15.9. The topological polar surface area (TPSA) is 58.2 Å². The smallest absolute Gasteiger partial charge is 0.410 e. The summed E-state index contributed by atoms with van der Waals surface area (Å²) in [6.07, 6.45) is -0.517. The summed E-state index contributed by atoms with van der Waals surface area (Å²) in [7, 11) is 1.56. The zero-order valence-corrected chi connectivity index (χ0v) is 12.9. The van der Waals surface area contributed by atoms with Crippen molar-refractivity contribution in [2.75, 3.05) is 7.05 Å². The fourth-order valence-electron chi connectivity index (χ4n) is 2.25. The molecule has 3 rings (SSSR count). The van der Waals surface area contributed by atoms with Crippen LogP contribution in [0.1, 0.15) is 11.4 Å². The minimum absolute atomic E-state index is 0.130. The Morgan fingerprint density at radius 3 is 2.67 bits per heavy atom. The first-order valence-electron chi connectivity index (χ1n) is 7.28. The lowest BCUT2D eigenvalue weighted by Crippen LogP contribution is -2.27. The first-order valence-corrected chi connectivity index (χ1v) is 7.28. The number of H-pyrrole nitrogens is 1. The number of carbonyl (C=O) groups is 1. The molecule has 0 aliphatic carbocycles. The Balaban J connectivity index is 1.63. The molecular formula is C17H15F2N3O2. The fraction of sp³-hybridized carbons (Fsp3) is 0.176. The number of nitrogens with zero attached hydrogens (tertiary/aromatic N) is 2. The van der Waals surface area contributed by atoms with Crippen molar-refractivity contribution in [2.45, 2.75) is 13.2 Å². The van der Waals surface area contributed by atoms with Crippen LogP contribution in [0.25, 0.3) is 11.0 Å². The summed E-state index contributed by atoms with van der Waals surface area (Å²) in [6, 6.07) is 11.4. The summed E-state index contributed by atoms with van der Waals surface area (Å²) >= 11 is 0. The quantitative estimate of drug-likeness (QED) is 0.794. The number of fused-ring (bicyclic) bond motifs is 1. The van der Waals surface area contributed by atoms with E-state index in [1.54, 1.807) is 7.05 Å². The van der Waals surface area contributed by atoms with Crippen molar-refractivity contribution in [1.82, 2.24) is 14.9 Å². The second kappa shape index (κ2) is 6.66. The van der Waals surface area contributed by atoms with Gasteiger partial charge >= 0.3 is 6.09 Å². The Morgan fingerprint density at radius 1 is 1.21 bits per heavy atom. The number of hydrogen-bond donors (Lipinski definition) is 1. The van der Waals surface area contributed by atoms with Crippen LogP contribution in [0.5, 0.6) is 0 Å². The molecular weight excluding hydrogens is 316 g/mol. The highest BCUT2D eigenvalue weighted by Crippen LogP contribution is 2.17. The molecule has 2 aromatic carbocycles. The van der Waals surface area contributed by atoms with Gasteiger partial charge in [-0.25, -0.2) is 18.6 Å². The fourth-order valence-corrected chi connectivity index (χ4v) is 2.25. The Hall–Kier alpha value is -2.96. The van der Waals surface area contributed by atoms with Gasteiger partial charge in [0.2, 0.25) is 0 Å². The van der Waals surface area contributed by atoms with Gasteiger partial charge in [-0.3, -0.25) is 0 Å². The molecule has 1 aromatic heterocycles. The summed E-state index contributed by atoms with van der Waals surface area (Å²) < 4.78 is 31.6. The van der Waals surface area contributed by atoms with Gasteiger partial charge in [0.1, 0.15) is 12.4 Å². The monoisotopic (exact) mass is 331 g/mol. The third-order valence-electron chi connectivity index (χ3n) is 3.48. The third kappa shape index (κ3) is 3.51. The average Bonchev–Trinajstić information content (AvgIpc) is 2.95. The minimum atomic E-state index is -0.962. The van der Waals surface area contributed by atoms with E-state index in [2.05, 4.69) is 9.97 Å². The standard InChI is InChI=1S/C17H15F2N3O2/c1-22(17(23)24-10-11-5-3-2-4-6-11)9-16-20-14-7-12(18)13(19)8-15(14)21-16/h2-8H,9-10H2,1H3,(H,20,21). The number of hydrogen-bond acceptors (Lipinski definition) is 3. The normalized spacial score (nSPS) is 10.8. The Morgan fingerprint density at radius 2 is 1.92 bits per heavy atom. The van der Waals surface area contributed by atoms with Crippen molar-refractivity contribution < 1.29 is 18.3 Å². The van der Waals surface area contributed by atoms with E-state index < -0.39 is 17.7 Å². The van der Waals surface area contributed by atoms with Crippen molar-refractivity contribution in [2.24, 2.45) is 0 Å². The van der Waals surface area contributed by atoms with Crippen molar-refractivity contribution >= 4 is 17.1 Å². The van der Waals surface area contributed by atoms with Gasteiger partial charge in [-0.05, 0) is 5.56 Å². The summed E-state index contributed by atoms with van der Waals surface area (Å²) in [5, 5.41) is 0. The Labute approximate surface area is 136 Å². The predicted octanol–water partition coefficient (Wildman–Crippen LogP) is 3.61. The highest BCUT2D eigenvalue weighted by molar-refractivity contribution is 5.75. The molecule has 0 atom stereocenters. The number of ether oxygens (including phenoxy) is 1. The molecule has 5 nitrogen and oxygen atoms in total. The number of amides is 1. The van der Waals surface area contributed by atoms with Crippen molar-refractivity contribution in [3.05, 3.63) is 65.5 Å². The van der Waals surface area contributed by atoms with Gasteiger partial charge in [-0.15, -0.1) is 0 Å². The zero-order valence-electron chi connectivity index (χ0n) is 12.9. The molecule has 1 amide bonds. The van der Waals surface area contributed by atoms with Crippen molar-refractivity contribution in [3.63, 3.8) is 0 Å². The number of nitrogens with one attached hydrogen (secondary N) is 1. The van der Waals surface area contributed by atoms with Crippen LogP contribution in [0.3, 0.4) is 0 Å². The highest BCUT2D eigenvalue weighted by atomic mass is 19.2. The second-order valence-electron chi connectivity index (χ2n) is 5.36. The maximum Gasteiger partial charge on any atom is 0.410 e. The molecule has 24 heavy (non-hydrogen) atoms. The number of carbonyl (C=O) groups excluding carboxylic acids is 1. The van der Waals surface area contributed by atoms with E-state index in [1.807, 2.05) is 30.3 Å². The second-order valence-corrected chi connectivity index (χ2v) is 5.36. The molecule has 0 saturated carbocycles. The molecule has 0 spiro atoms. The molecule has 0 aliphatic rings. The van der Waals surface area contributed by atoms with Crippen LogP contribution < -0.4 is 0 Å². The SMILES string of the molecule is CN(Cc1nc2cc(F)c(F)cc2[nH]1)C(=O)OCc1ccccc1. The van der Waals surface area contributed by atoms with Gasteiger partial charge in [0.15, 0.2) is 11.6 Å². The van der Waals surface area contributed by atoms with E-state index in [9.17, 15) is 13.6 Å². The summed E-state index contributed by atoms with van der Waals surface area (Å²) in [5.41, 5.74) is 1.55. The molecule has 0 unspecified atom stereocenters. The van der Waals surface area contributed by atoms with Gasteiger partial charge < -0.3 is 14.6 Å². The predicted molar refractivity (Wildman–Crippen MR) is 84.1 cm³/mol. The van der Waals surface area contributed by atoms with Gasteiger partial charge in [-0.1, -0.05) is 30.3 Å². The lowest BCUT2D eigenvalue weighted by molar-refractivity contribution is 0.102. The van der Waals surface area contributed by atoms with Crippen molar-refractivity contribution in [3.8, 4) is 0 Å². The van der Waals surface area contributed by atoms with E-state index in [4.69, 9.17) is 4.74 Å². The van der Waals surface area contributed by atoms with Gasteiger partial charge in [0, 0.05) is 19.2 Å². The zero-order chi connectivity index (χ0) is 17.1. The average molecular weight is 331 g/mol. The lowest BCUT2D eigenvalue weighted by Gasteiger charge is -2.15. The number of aromatic amines is 1. The number of aromatic nitrogens is 2. The largest absolute Gasteiger partial charge is 0.445 e. The van der Waals surface area contributed by atoms with Crippen LogP contribution in [-0.2, 0) is 17.9 Å². The van der Waals surface area contributed by atoms with Crippen LogP contribution in [0.2, 0.25) is 0 Å². The van der Waals surface area contributed by atoms with E-state index in [0.29, 0.717) is 16.9 Å². The van der Waals surface area contributed by atoms with E-state index >= 15 is 0 Å². The summed E-state index contributed by atoms with van der Waals surface area (Å²) in [4.78, 5) is 20.3. The third-order valence-corrected chi connectivity index (χ3v) is 3.48. The maximum absolute atomic E-state index is 13.2. The van der Waals surface area contributed by atoms with Crippen LogP contribution in [0, 0.1) is 11.6 Å². The molecule has 3 aromatic rings. The van der Waals surface area contributed by atoms with Crippen LogP contribution in [-0.4, -0.2) is 28.0 Å². The minimum Gasteiger partial charge on any atom is -0.445 e. The van der Waals surface area contributed by atoms with E-state index in [0.717, 1.165) is 17.7 Å². The lowest BCUT2D eigenvalue weighted by atomic mass is 10.2. The number of imidazole rings is 1. The molecule has 0 bridgehead atoms. The van der Waals surface area contributed by atoms with Crippen LogP contribution in [0.4, 0.5) is 13.6 Å². The van der Waals surface area contributed by atoms with Crippen LogP contribution in [0.15, 0.2) is 42.5 Å². The molecule has 124 valence electrons. The first-order chi connectivity index (χ1) is 11.5. The molecule has 0 saturated heterocycles. The highest BCUT2D eigenvalue weighted by Gasteiger charge is 2.14. The van der Waals surface area contributed by atoms with Gasteiger partial charge in [0.05, 0.1) is 17.6 Å².